The van der Waals surface area contributed by atoms with Crippen LogP contribution in [0.15, 0.2) is 34.5 Å². The highest BCUT2D eigenvalue weighted by molar-refractivity contribution is 6.09. The Morgan fingerprint density at radius 1 is 1.31 bits per heavy atom. The van der Waals surface area contributed by atoms with Crippen LogP contribution < -0.4 is 4.74 Å². The van der Waals surface area contributed by atoms with E-state index in [1.165, 1.54) is 13.2 Å². The van der Waals surface area contributed by atoms with Gasteiger partial charge in [0.1, 0.15) is 12.5 Å². The molecule has 7 nitrogen and oxygen atoms in total. The molecule has 3 aliphatic rings. The van der Waals surface area contributed by atoms with E-state index in [2.05, 4.69) is 13.8 Å². The number of carbonyl (C=O) groups excluding carboxylic acids is 2. The minimum Gasteiger partial charge on any atom is -0.504 e. The maximum Gasteiger partial charge on any atom is 0.315 e. The van der Waals surface area contributed by atoms with Crippen molar-refractivity contribution in [1.82, 2.24) is 0 Å². The normalized spacial score (nSPS) is 27.1. The molecule has 0 radical (unpaired) electrons. The van der Waals surface area contributed by atoms with Crippen molar-refractivity contribution in [2.45, 2.75) is 58.5 Å². The van der Waals surface area contributed by atoms with Crippen LogP contribution in [-0.4, -0.2) is 49.0 Å². The molecule has 2 heterocycles. The second-order valence-electron chi connectivity index (χ2n) is 9.71. The summed E-state index contributed by atoms with van der Waals surface area (Å²) in [5, 5.41) is 10.1. The predicted octanol–water partition coefficient (Wildman–Crippen LogP) is 3.94. The van der Waals surface area contributed by atoms with E-state index in [1.54, 1.807) is 12.1 Å². The van der Waals surface area contributed by atoms with E-state index < -0.39 is 17.8 Å². The number of aliphatic imine (C=N–C) groups is 1. The highest BCUT2D eigenvalue weighted by atomic mass is 16.6. The Kier molecular flexibility index (Phi) is 6.12. The van der Waals surface area contributed by atoms with E-state index in [0.717, 1.165) is 18.5 Å². The van der Waals surface area contributed by atoms with Crippen molar-refractivity contribution < 1.29 is 28.9 Å². The molecule has 0 aromatic heterocycles. The largest absolute Gasteiger partial charge is 0.504 e. The quantitative estimate of drug-likeness (QED) is 0.696. The van der Waals surface area contributed by atoms with E-state index in [-0.39, 0.29) is 29.7 Å². The summed E-state index contributed by atoms with van der Waals surface area (Å²) in [5.41, 5.74) is 2.46. The van der Waals surface area contributed by atoms with Crippen LogP contribution in [-0.2, 0) is 19.1 Å². The lowest BCUT2D eigenvalue weighted by atomic mass is 9.67. The van der Waals surface area contributed by atoms with Crippen LogP contribution in [0.4, 0.5) is 0 Å². The first-order chi connectivity index (χ1) is 15.2. The number of allylic oxidation sites excluding steroid dienone is 2. The van der Waals surface area contributed by atoms with Gasteiger partial charge in [0.25, 0.3) is 0 Å². The molecular formula is C25H31NO6. The van der Waals surface area contributed by atoms with Crippen LogP contribution in [0.25, 0.3) is 0 Å². The number of hydrogen-bond donors (Lipinski definition) is 1. The van der Waals surface area contributed by atoms with E-state index in [4.69, 9.17) is 19.2 Å². The molecule has 1 unspecified atom stereocenters. The Morgan fingerprint density at radius 2 is 2.09 bits per heavy atom. The summed E-state index contributed by atoms with van der Waals surface area (Å²) >= 11 is 0. The topological polar surface area (TPSA) is 94.4 Å². The van der Waals surface area contributed by atoms with Crippen LogP contribution >= 0.6 is 0 Å². The molecular weight excluding hydrogens is 410 g/mol. The Morgan fingerprint density at radius 3 is 2.78 bits per heavy atom. The number of ketones is 1. The summed E-state index contributed by atoms with van der Waals surface area (Å²) in [6, 6.07) is 4.96. The summed E-state index contributed by atoms with van der Waals surface area (Å²) in [6.45, 7) is 6.81. The van der Waals surface area contributed by atoms with Gasteiger partial charge in [-0.15, -0.1) is 0 Å². The molecule has 0 amide bonds. The minimum absolute atomic E-state index is 0.000245. The van der Waals surface area contributed by atoms with Crippen molar-refractivity contribution in [3.63, 3.8) is 0 Å². The van der Waals surface area contributed by atoms with Gasteiger partial charge in [0.15, 0.2) is 17.3 Å². The van der Waals surface area contributed by atoms with E-state index in [1.807, 2.05) is 6.92 Å². The first-order valence-corrected chi connectivity index (χ1v) is 11.2. The van der Waals surface area contributed by atoms with Gasteiger partial charge in [-0.1, -0.05) is 19.9 Å². The lowest BCUT2D eigenvalue weighted by molar-refractivity contribution is -0.149. The Labute approximate surface area is 188 Å². The SMILES string of the molecule is COc1cc([C@H]2C3=C(CC(C)(C)CC3=O)N=C(C)C2C(=O)OC[C@@H]2CCCO2)ccc1O. The molecule has 1 aliphatic carbocycles. The molecule has 7 heteroatoms. The summed E-state index contributed by atoms with van der Waals surface area (Å²) in [5.74, 6) is -1.39. The highest BCUT2D eigenvalue weighted by Crippen LogP contribution is 2.48. The lowest BCUT2D eigenvalue weighted by Gasteiger charge is -2.39. The third-order valence-corrected chi connectivity index (χ3v) is 6.55. The number of phenolic OH excluding ortho intramolecular Hbond substituents is 1. The third-order valence-electron chi connectivity index (χ3n) is 6.55. The fraction of sp³-hybridized carbons (Fsp3) is 0.560. The molecule has 2 aliphatic heterocycles. The number of hydrogen-bond acceptors (Lipinski definition) is 7. The average molecular weight is 442 g/mol. The monoisotopic (exact) mass is 441 g/mol. The first-order valence-electron chi connectivity index (χ1n) is 11.2. The summed E-state index contributed by atoms with van der Waals surface area (Å²) in [4.78, 5) is 31.3. The number of ether oxygens (including phenoxy) is 3. The smallest absolute Gasteiger partial charge is 0.315 e. The molecule has 0 bridgehead atoms. The lowest BCUT2D eigenvalue weighted by Crippen LogP contribution is -2.40. The second kappa shape index (κ2) is 8.70. The van der Waals surface area contributed by atoms with Gasteiger partial charge in [0, 0.05) is 35.9 Å². The molecule has 3 atom stereocenters. The summed E-state index contributed by atoms with van der Waals surface area (Å²) < 4.78 is 16.5. The van der Waals surface area contributed by atoms with Crippen LogP contribution in [0.3, 0.4) is 0 Å². The van der Waals surface area contributed by atoms with Crippen LogP contribution in [0.5, 0.6) is 11.5 Å². The zero-order valence-corrected chi connectivity index (χ0v) is 19.1. The van der Waals surface area contributed by atoms with E-state index >= 15 is 0 Å². The van der Waals surface area contributed by atoms with E-state index in [0.29, 0.717) is 42.0 Å². The first kappa shape index (κ1) is 22.5. The second-order valence-corrected chi connectivity index (χ2v) is 9.71. The number of rotatable bonds is 5. The molecule has 1 N–H and O–H groups in total. The molecule has 0 saturated carbocycles. The maximum absolute atomic E-state index is 13.3. The number of Topliss-reactive ketones (excluding diaryl/α,β-unsaturated/α-hetero) is 1. The van der Waals surface area contributed by atoms with Crippen molar-refractivity contribution in [3.8, 4) is 11.5 Å². The molecule has 0 spiro atoms. The third kappa shape index (κ3) is 4.31. The van der Waals surface area contributed by atoms with Crippen molar-refractivity contribution in [2.75, 3.05) is 20.3 Å². The number of esters is 1. The Bertz CT molecular complexity index is 986. The number of phenols is 1. The molecule has 1 saturated heterocycles. The van der Waals surface area contributed by atoms with Crippen molar-refractivity contribution in [1.29, 1.82) is 0 Å². The predicted molar refractivity (Wildman–Crippen MR) is 119 cm³/mol. The Hall–Kier alpha value is -2.67. The maximum atomic E-state index is 13.3. The molecule has 4 rings (SSSR count). The van der Waals surface area contributed by atoms with Crippen molar-refractivity contribution in [2.24, 2.45) is 16.3 Å². The van der Waals surface area contributed by atoms with Gasteiger partial charge >= 0.3 is 5.97 Å². The molecule has 172 valence electrons. The van der Waals surface area contributed by atoms with Gasteiger partial charge in [-0.25, -0.2) is 0 Å². The van der Waals surface area contributed by atoms with Crippen molar-refractivity contribution in [3.05, 3.63) is 35.0 Å². The highest BCUT2D eigenvalue weighted by Gasteiger charge is 2.46. The van der Waals surface area contributed by atoms with E-state index in [9.17, 15) is 14.7 Å². The standard InChI is InChI=1S/C25H31NO6/c1-14-21(24(29)32-13-16-6-5-9-31-16)22(15-7-8-18(27)20(10-15)30-4)23-17(26-14)11-25(2,3)12-19(23)28/h7-8,10,16,21-22,27H,5-6,9,11-13H2,1-4H3/t16-,21?,22+/m0/s1. The number of benzene rings is 1. The fourth-order valence-electron chi connectivity index (χ4n) is 5.04. The zero-order chi connectivity index (χ0) is 23.0. The molecule has 1 fully saturated rings. The van der Waals surface area contributed by atoms with Crippen LogP contribution in [0, 0.1) is 11.3 Å². The van der Waals surface area contributed by atoms with Gasteiger partial charge in [-0.05, 0) is 49.3 Å². The van der Waals surface area contributed by atoms with Gasteiger partial charge in [-0.3, -0.25) is 14.6 Å². The van der Waals surface area contributed by atoms with Gasteiger partial charge in [0.2, 0.25) is 0 Å². The molecule has 32 heavy (non-hydrogen) atoms. The average Bonchev–Trinajstić information content (AvgIpc) is 3.24. The minimum atomic E-state index is -0.727. The number of carbonyl (C=O) groups is 2. The Balaban J connectivity index is 1.74. The van der Waals surface area contributed by atoms with Crippen LogP contribution in [0.2, 0.25) is 0 Å². The van der Waals surface area contributed by atoms with Crippen molar-refractivity contribution >= 4 is 17.5 Å². The van der Waals surface area contributed by atoms with Gasteiger partial charge in [-0.2, -0.15) is 0 Å². The number of aromatic hydroxyl groups is 1. The van der Waals surface area contributed by atoms with Gasteiger partial charge in [0.05, 0.1) is 13.2 Å². The zero-order valence-electron chi connectivity index (χ0n) is 19.1. The number of methoxy groups -OCH3 is 1. The summed E-state index contributed by atoms with van der Waals surface area (Å²) in [6.07, 6.45) is 2.80. The van der Waals surface area contributed by atoms with Crippen LogP contribution in [0.1, 0.15) is 57.9 Å². The summed E-state index contributed by atoms with van der Waals surface area (Å²) in [7, 11) is 1.47. The fourth-order valence-corrected chi connectivity index (χ4v) is 5.04. The molecule has 1 aromatic carbocycles. The molecule has 1 aromatic rings. The van der Waals surface area contributed by atoms with Gasteiger partial charge < -0.3 is 19.3 Å². The number of nitrogens with zero attached hydrogens (tertiary/aromatic N) is 1.